The average molecular weight is 631 g/mol. The van der Waals surface area contributed by atoms with Crippen LogP contribution in [-0.4, -0.2) is 0 Å². The van der Waals surface area contributed by atoms with Crippen LogP contribution in [0.15, 0.2) is 146 Å². The number of rotatable bonds is 2. The minimum Gasteiger partial charge on any atom is -0.0616 e. The van der Waals surface area contributed by atoms with Gasteiger partial charge in [0.1, 0.15) is 0 Å². The molecule has 12 aromatic carbocycles. The van der Waals surface area contributed by atoms with E-state index in [-0.39, 0.29) is 0 Å². The van der Waals surface area contributed by atoms with Gasteiger partial charge in [-0.3, -0.25) is 0 Å². The van der Waals surface area contributed by atoms with Crippen LogP contribution in [0.2, 0.25) is 0 Å². The number of hydrogen-bond donors (Lipinski definition) is 0. The van der Waals surface area contributed by atoms with E-state index < -0.39 is 0 Å². The second-order valence-corrected chi connectivity index (χ2v) is 14.5. The van der Waals surface area contributed by atoms with E-state index in [2.05, 4.69) is 159 Å². The first-order valence-electron chi connectivity index (χ1n) is 17.7. The Hall–Kier alpha value is -6.24. The van der Waals surface area contributed by atoms with Crippen molar-refractivity contribution in [2.45, 2.75) is 13.8 Å². The quantitative estimate of drug-likeness (QED) is 0.167. The van der Waals surface area contributed by atoms with E-state index in [0.29, 0.717) is 0 Å². The molecule has 0 radical (unpaired) electrons. The van der Waals surface area contributed by atoms with Crippen molar-refractivity contribution in [1.82, 2.24) is 0 Å². The first-order chi connectivity index (χ1) is 24.6. The van der Waals surface area contributed by atoms with Gasteiger partial charge in [-0.2, -0.15) is 0 Å². The van der Waals surface area contributed by atoms with Gasteiger partial charge in [0, 0.05) is 0 Å². The van der Waals surface area contributed by atoms with Crippen molar-refractivity contribution in [1.29, 1.82) is 0 Å². The normalized spacial score (nSPS) is 12.6. The molecular weight excluding hydrogens is 601 g/mol. The summed E-state index contributed by atoms with van der Waals surface area (Å²) in [4.78, 5) is 0. The second-order valence-electron chi connectivity index (χ2n) is 14.5. The molecule has 0 nitrogen and oxygen atoms in total. The van der Waals surface area contributed by atoms with E-state index in [1.54, 1.807) is 0 Å². The number of benzene rings is 10. The smallest absolute Gasteiger partial charge is 0.000718 e. The van der Waals surface area contributed by atoms with Crippen LogP contribution in [0.25, 0.3) is 119 Å². The fourth-order valence-electron chi connectivity index (χ4n) is 9.83. The van der Waals surface area contributed by atoms with Crippen LogP contribution in [0.4, 0.5) is 0 Å². The Kier molecular flexibility index (Phi) is 4.94. The molecule has 50 heavy (non-hydrogen) atoms. The third-order valence-electron chi connectivity index (χ3n) is 11.7. The molecule has 0 heterocycles. The summed E-state index contributed by atoms with van der Waals surface area (Å²) < 4.78 is 0. The summed E-state index contributed by atoms with van der Waals surface area (Å²) in [5.41, 5.74) is 7.79. The minimum absolute atomic E-state index is 1.27. The summed E-state index contributed by atoms with van der Waals surface area (Å²) >= 11 is 0. The van der Waals surface area contributed by atoms with Gasteiger partial charge in [0.05, 0.1) is 0 Å². The molecule has 0 spiro atoms. The standard InChI is InChI=1S/C50H30/c1-27-9-5-12-31(23-27)43-41-26-39-35-16-4-3-15-34(35)36-17-8-18-37(46(36)39)47(41)45(32-13-6-10-28(2)24-32)49-38-22-21-30-20-19-29-11-7-14-33-25-40(50(43)49)48(38)44(30)42(29)33/h3-26H,1-2H3. The molecule has 0 aliphatic carbocycles. The zero-order chi connectivity index (χ0) is 32.8. The molecule has 0 atom stereocenters. The van der Waals surface area contributed by atoms with Crippen molar-refractivity contribution >= 4 is 97.0 Å². The van der Waals surface area contributed by atoms with Gasteiger partial charge >= 0.3 is 0 Å². The summed E-state index contributed by atoms with van der Waals surface area (Å²) in [5, 5.41) is 24.2. The lowest BCUT2D eigenvalue weighted by molar-refractivity contribution is 1.47. The van der Waals surface area contributed by atoms with Crippen LogP contribution in [0.1, 0.15) is 11.1 Å². The van der Waals surface area contributed by atoms with Gasteiger partial charge in [-0.15, -0.1) is 0 Å². The highest BCUT2D eigenvalue weighted by Crippen LogP contribution is 2.56. The summed E-state index contributed by atoms with van der Waals surface area (Å²) in [6, 6.07) is 55.5. The average Bonchev–Trinajstić information content (AvgIpc) is 3.64. The zero-order valence-electron chi connectivity index (χ0n) is 27.9. The van der Waals surface area contributed by atoms with Crippen molar-refractivity contribution in [3.8, 4) is 22.3 Å². The Labute approximate surface area is 288 Å². The van der Waals surface area contributed by atoms with Gasteiger partial charge < -0.3 is 0 Å². The van der Waals surface area contributed by atoms with Gasteiger partial charge in [-0.1, -0.05) is 145 Å². The molecular formula is C50H30. The van der Waals surface area contributed by atoms with Crippen molar-refractivity contribution in [2.75, 3.05) is 0 Å². The van der Waals surface area contributed by atoms with Crippen LogP contribution >= 0.6 is 0 Å². The van der Waals surface area contributed by atoms with Crippen molar-refractivity contribution in [3.05, 3.63) is 157 Å². The van der Waals surface area contributed by atoms with Crippen LogP contribution in [0, 0.1) is 13.8 Å². The maximum absolute atomic E-state index is 2.54. The summed E-state index contributed by atoms with van der Waals surface area (Å²) in [5.74, 6) is 0. The molecule has 0 aliphatic heterocycles. The number of fused-ring (bicyclic) bond motifs is 8. The van der Waals surface area contributed by atoms with Gasteiger partial charge in [-0.25, -0.2) is 0 Å². The predicted octanol–water partition coefficient (Wildman–Crippen LogP) is 14.3. The molecule has 0 N–H and O–H groups in total. The van der Waals surface area contributed by atoms with E-state index in [9.17, 15) is 0 Å². The summed E-state index contributed by atoms with van der Waals surface area (Å²) in [6.07, 6.45) is 0. The van der Waals surface area contributed by atoms with Crippen LogP contribution in [0.5, 0.6) is 0 Å². The first-order valence-corrected chi connectivity index (χ1v) is 17.7. The molecule has 0 amide bonds. The fourth-order valence-corrected chi connectivity index (χ4v) is 9.83. The Morgan fingerprint density at radius 2 is 0.840 bits per heavy atom. The first kappa shape index (κ1) is 26.7. The fraction of sp³-hybridized carbons (Fsp3) is 0.0400. The molecule has 0 saturated carbocycles. The van der Waals surface area contributed by atoms with E-state index in [0.717, 1.165) is 0 Å². The molecule has 12 aromatic rings. The minimum atomic E-state index is 1.27. The SMILES string of the molecule is Cc1cccc(-c2c3cc4c5ccccc5c5cccc(c3c(-c3cccc(C)c3)c3c6ccc7ccc8cccc9cc(c23)c6c7c89)c54)c1. The van der Waals surface area contributed by atoms with Gasteiger partial charge in [0.2, 0.25) is 0 Å². The molecule has 0 heteroatoms. The van der Waals surface area contributed by atoms with Crippen LogP contribution in [-0.2, 0) is 0 Å². The molecule has 0 fully saturated rings. The third-order valence-corrected chi connectivity index (χ3v) is 11.7. The highest BCUT2D eigenvalue weighted by molar-refractivity contribution is 6.47. The lowest BCUT2D eigenvalue weighted by atomic mass is 9.83. The number of aryl methyl sites for hydroxylation is 2. The molecule has 0 saturated heterocycles. The number of hydrogen-bond acceptors (Lipinski definition) is 0. The van der Waals surface area contributed by atoms with Gasteiger partial charge in [0.15, 0.2) is 0 Å². The lowest BCUT2D eigenvalue weighted by Crippen LogP contribution is -1.92. The zero-order valence-corrected chi connectivity index (χ0v) is 27.9. The van der Waals surface area contributed by atoms with E-state index in [4.69, 9.17) is 0 Å². The largest absolute Gasteiger partial charge is 0.0616 e. The van der Waals surface area contributed by atoms with Gasteiger partial charge in [-0.05, 0) is 145 Å². The van der Waals surface area contributed by atoms with E-state index in [1.165, 1.54) is 130 Å². The van der Waals surface area contributed by atoms with E-state index >= 15 is 0 Å². The topological polar surface area (TPSA) is 0 Å². The molecule has 0 unspecified atom stereocenters. The molecule has 0 bridgehead atoms. The predicted molar refractivity (Wildman–Crippen MR) is 218 cm³/mol. The van der Waals surface area contributed by atoms with Crippen molar-refractivity contribution in [3.63, 3.8) is 0 Å². The second kappa shape index (κ2) is 9.26. The van der Waals surface area contributed by atoms with Crippen LogP contribution in [0.3, 0.4) is 0 Å². The Morgan fingerprint density at radius 3 is 1.62 bits per heavy atom. The molecule has 12 rings (SSSR count). The maximum Gasteiger partial charge on any atom is -0.000718 e. The highest BCUT2D eigenvalue weighted by Gasteiger charge is 2.27. The van der Waals surface area contributed by atoms with E-state index in [1.807, 2.05) is 0 Å². The van der Waals surface area contributed by atoms with Crippen molar-refractivity contribution in [2.24, 2.45) is 0 Å². The lowest BCUT2D eigenvalue weighted by Gasteiger charge is -2.19. The highest BCUT2D eigenvalue weighted by atomic mass is 14.3. The Balaban J connectivity index is 1.47. The van der Waals surface area contributed by atoms with Gasteiger partial charge in [0.25, 0.3) is 0 Å². The Morgan fingerprint density at radius 1 is 0.260 bits per heavy atom. The van der Waals surface area contributed by atoms with Crippen molar-refractivity contribution < 1.29 is 0 Å². The summed E-state index contributed by atoms with van der Waals surface area (Å²) in [7, 11) is 0. The van der Waals surface area contributed by atoms with Crippen LogP contribution < -0.4 is 0 Å². The third kappa shape index (κ3) is 3.22. The maximum atomic E-state index is 2.54. The molecule has 0 aromatic heterocycles. The molecule has 0 aliphatic rings. The Bertz CT molecular complexity index is 3380. The monoisotopic (exact) mass is 630 g/mol. The molecule has 230 valence electrons. The summed E-state index contributed by atoms with van der Waals surface area (Å²) in [6.45, 7) is 4.44.